The molecule has 0 heterocycles. The Hall–Kier alpha value is -1.72. The number of hydrogen-bond donors (Lipinski definition) is 2. The van der Waals surface area contributed by atoms with E-state index in [0.717, 1.165) is 26.9 Å². The smallest absolute Gasteiger partial charge is 0.257 e. The number of benzene rings is 2. The largest absolute Gasteiger partial charge is 0.332 e. The van der Waals surface area contributed by atoms with Crippen LogP contribution >= 0.6 is 28.1 Å². The van der Waals surface area contributed by atoms with Crippen molar-refractivity contribution in [2.45, 2.75) is 40.0 Å². The molecule has 2 aromatic rings. The highest BCUT2D eigenvalue weighted by molar-refractivity contribution is 9.10. The molecule has 0 aliphatic rings. The second-order valence-electron chi connectivity index (χ2n) is 7.17. The summed E-state index contributed by atoms with van der Waals surface area (Å²) in [4.78, 5) is 12.5. The summed E-state index contributed by atoms with van der Waals surface area (Å²) < 4.78 is 0.918. The first-order valence-corrected chi connectivity index (χ1v) is 9.27. The molecule has 0 aliphatic heterocycles. The lowest BCUT2D eigenvalue weighted by Crippen LogP contribution is -2.34. The topological polar surface area (TPSA) is 41.1 Å². The molecule has 0 spiro atoms. The van der Waals surface area contributed by atoms with Crippen LogP contribution in [0.15, 0.2) is 40.9 Å². The lowest BCUT2D eigenvalue weighted by molar-refractivity contribution is 0.0977. The highest BCUT2D eigenvalue weighted by Gasteiger charge is 2.18. The summed E-state index contributed by atoms with van der Waals surface area (Å²) in [6, 6.07) is 11.7. The number of nitrogens with one attached hydrogen (secondary N) is 2. The molecule has 1 amide bonds. The fraction of sp³-hybridized carbons (Fsp3) is 0.300. The number of carbonyl (C=O) groups excluding carboxylic acids is 1. The number of hydrogen-bond acceptors (Lipinski definition) is 2. The van der Waals surface area contributed by atoms with Crippen molar-refractivity contribution < 1.29 is 4.79 Å². The second kappa shape index (κ2) is 7.67. The molecule has 132 valence electrons. The van der Waals surface area contributed by atoms with E-state index >= 15 is 0 Å². The Morgan fingerprint density at radius 1 is 1.08 bits per heavy atom. The lowest BCUT2D eigenvalue weighted by atomic mass is 9.86. The molecule has 0 radical (unpaired) electrons. The number of aryl methyl sites for hydroxylation is 2. The number of anilines is 1. The zero-order valence-corrected chi connectivity index (χ0v) is 17.6. The van der Waals surface area contributed by atoms with E-state index in [1.54, 1.807) is 0 Å². The van der Waals surface area contributed by atoms with Gasteiger partial charge in [-0.3, -0.25) is 10.1 Å². The Morgan fingerprint density at radius 2 is 1.76 bits per heavy atom. The van der Waals surface area contributed by atoms with Crippen LogP contribution < -0.4 is 10.6 Å². The SMILES string of the molecule is Cc1ccc(C)c(NC(=S)NC(=O)c2ccc(C(C)(C)C)c(Br)c2)c1. The maximum Gasteiger partial charge on any atom is 0.257 e. The molecule has 0 aliphatic carbocycles. The fourth-order valence-corrected chi connectivity index (χ4v) is 3.64. The first-order valence-electron chi connectivity index (χ1n) is 8.07. The predicted octanol–water partition coefficient (Wildman–Crippen LogP) is 5.49. The van der Waals surface area contributed by atoms with E-state index in [4.69, 9.17) is 12.2 Å². The molecule has 25 heavy (non-hydrogen) atoms. The Bertz CT molecular complexity index is 825. The molecule has 0 saturated carbocycles. The van der Waals surface area contributed by atoms with E-state index < -0.39 is 0 Å². The Morgan fingerprint density at radius 3 is 2.36 bits per heavy atom. The zero-order valence-electron chi connectivity index (χ0n) is 15.2. The van der Waals surface area contributed by atoms with Gasteiger partial charge in [0.15, 0.2) is 5.11 Å². The van der Waals surface area contributed by atoms with Crippen LogP contribution in [0.4, 0.5) is 5.69 Å². The summed E-state index contributed by atoms with van der Waals surface area (Å²) in [7, 11) is 0. The van der Waals surface area contributed by atoms with E-state index in [1.165, 1.54) is 0 Å². The van der Waals surface area contributed by atoms with E-state index in [-0.39, 0.29) is 16.4 Å². The van der Waals surface area contributed by atoms with Gasteiger partial charge in [-0.15, -0.1) is 0 Å². The van der Waals surface area contributed by atoms with Crippen molar-refractivity contribution in [1.29, 1.82) is 0 Å². The van der Waals surface area contributed by atoms with Crippen LogP contribution in [0, 0.1) is 13.8 Å². The Labute approximate surface area is 163 Å². The predicted molar refractivity (Wildman–Crippen MR) is 112 cm³/mol. The van der Waals surface area contributed by atoms with Crippen molar-refractivity contribution >= 4 is 44.9 Å². The third kappa shape index (κ3) is 5.13. The molecule has 0 saturated heterocycles. The zero-order chi connectivity index (χ0) is 18.8. The minimum Gasteiger partial charge on any atom is -0.332 e. The van der Waals surface area contributed by atoms with Crippen LogP contribution in [-0.4, -0.2) is 11.0 Å². The van der Waals surface area contributed by atoms with Crippen molar-refractivity contribution in [2.75, 3.05) is 5.32 Å². The molecule has 3 nitrogen and oxygen atoms in total. The van der Waals surface area contributed by atoms with Gasteiger partial charge in [0, 0.05) is 15.7 Å². The van der Waals surface area contributed by atoms with Gasteiger partial charge in [-0.2, -0.15) is 0 Å². The van der Waals surface area contributed by atoms with Crippen LogP contribution in [0.1, 0.15) is 47.8 Å². The van der Waals surface area contributed by atoms with Gasteiger partial charge < -0.3 is 5.32 Å². The highest BCUT2D eigenvalue weighted by Crippen LogP contribution is 2.30. The van der Waals surface area contributed by atoms with Gasteiger partial charge in [0.05, 0.1) is 0 Å². The summed E-state index contributed by atoms with van der Waals surface area (Å²) in [5, 5.41) is 6.11. The van der Waals surface area contributed by atoms with Crippen molar-refractivity contribution in [2.24, 2.45) is 0 Å². The first-order chi connectivity index (χ1) is 11.6. The van der Waals surface area contributed by atoms with Gasteiger partial charge in [-0.1, -0.05) is 54.9 Å². The molecule has 0 aromatic heterocycles. The van der Waals surface area contributed by atoms with Gasteiger partial charge in [-0.25, -0.2) is 0 Å². The quantitative estimate of drug-likeness (QED) is 0.633. The molecule has 0 unspecified atom stereocenters. The van der Waals surface area contributed by atoms with E-state index in [1.807, 2.05) is 50.2 Å². The van der Waals surface area contributed by atoms with Gasteiger partial charge >= 0.3 is 0 Å². The minimum absolute atomic E-state index is 0.00733. The molecule has 2 rings (SSSR count). The molecule has 2 N–H and O–H groups in total. The van der Waals surface area contributed by atoms with Crippen LogP contribution in [0.5, 0.6) is 0 Å². The van der Waals surface area contributed by atoms with Gasteiger partial charge in [-0.05, 0) is 66.4 Å². The molecular weight excluding hydrogens is 396 g/mol. The number of carbonyl (C=O) groups is 1. The van der Waals surface area contributed by atoms with E-state index in [2.05, 4.69) is 47.3 Å². The molecular formula is C20H23BrN2OS. The number of halogens is 1. The van der Waals surface area contributed by atoms with Crippen molar-refractivity contribution in [3.63, 3.8) is 0 Å². The maximum atomic E-state index is 12.5. The number of rotatable bonds is 2. The molecule has 5 heteroatoms. The minimum atomic E-state index is -0.232. The second-order valence-corrected chi connectivity index (χ2v) is 8.43. The van der Waals surface area contributed by atoms with Crippen molar-refractivity contribution in [1.82, 2.24) is 5.32 Å². The third-order valence-corrected chi connectivity index (χ3v) is 4.77. The van der Waals surface area contributed by atoms with Crippen LogP contribution in [-0.2, 0) is 5.41 Å². The Kier molecular flexibility index (Phi) is 6.01. The molecule has 2 aromatic carbocycles. The Balaban J connectivity index is 2.10. The van der Waals surface area contributed by atoms with E-state index in [9.17, 15) is 4.79 Å². The van der Waals surface area contributed by atoms with Crippen molar-refractivity contribution in [3.8, 4) is 0 Å². The number of thiocarbonyl (C=S) groups is 1. The fourth-order valence-electron chi connectivity index (χ4n) is 2.46. The standard InChI is InChI=1S/C20H23BrN2OS/c1-12-6-7-13(2)17(10-12)22-19(25)23-18(24)14-8-9-15(16(21)11-14)20(3,4)5/h6-11H,1-5H3,(H2,22,23,24,25). The average molecular weight is 419 g/mol. The molecule has 0 fully saturated rings. The van der Waals surface area contributed by atoms with Gasteiger partial charge in [0.25, 0.3) is 5.91 Å². The molecule has 0 atom stereocenters. The average Bonchev–Trinajstić information content (AvgIpc) is 2.49. The molecule has 0 bridgehead atoms. The summed E-state index contributed by atoms with van der Waals surface area (Å²) >= 11 is 8.84. The van der Waals surface area contributed by atoms with Crippen LogP contribution in [0.2, 0.25) is 0 Å². The summed E-state index contributed by atoms with van der Waals surface area (Å²) in [6.07, 6.45) is 0. The maximum absolute atomic E-state index is 12.5. The van der Waals surface area contributed by atoms with E-state index in [0.29, 0.717) is 5.56 Å². The lowest BCUT2D eigenvalue weighted by Gasteiger charge is -2.21. The normalized spacial score (nSPS) is 11.1. The summed E-state index contributed by atoms with van der Waals surface area (Å²) in [5.41, 5.74) is 4.82. The highest BCUT2D eigenvalue weighted by atomic mass is 79.9. The van der Waals surface area contributed by atoms with Crippen LogP contribution in [0.3, 0.4) is 0 Å². The summed E-state index contributed by atoms with van der Waals surface area (Å²) in [6.45, 7) is 10.4. The monoisotopic (exact) mass is 418 g/mol. The van der Waals surface area contributed by atoms with Crippen LogP contribution in [0.25, 0.3) is 0 Å². The van der Waals surface area contributed by atoms with Gasteiger partial charge in [0.1, 0.15) is 0 Å². The third-order valence-electron chi connectivity index (χ3n) is 3.91. The first kappa shape index (κ1) is 19.6. The van der Waals surface area contributed by atoms with Crippen molar-refractivity contribution in [3.05, 3.63) is 63.1 Å². The van der Waals surface area contributed by atoms with Gasteiger partial charge in [0.2, 0.25) is 0 Å². The number of amides is 1. The summed E-state index contributed by atoms with van der Waals surface area (Å²) in [5.74, 6) is -0.232.